The molecule has 0 saturated carbocycles. The van der Waals surface area contributed by atoms with Gasteiger partial charge < -0.3 is 9.47 Å². The molecular formula is C14H16Cl2FN3. The minimum absolute atomic E-state index is 0.129. The van der Waals surface area contributed by atoms with E-state index in [9.17, 15) is 4.39 Å². The second kappa shape index (κ2) is 5.51. The summed E-state index contributed by atoms with van der Waals surface area (Å²) < 4.78 is 15.7. The lowest BCUT2D eigenvalue weighted by atomic mass is 10.1. The molecule has 0 radical (unpaired) electrons. The summed E-state index contributed by atoms with van der Waals surface area (Å²) in [6.45, 7) is 2.05. The summed E-state index contributed by atoms with van der Waals surface area (Å²) in [4.78, 5) is 6.74. The summed E-state index contributed by atoms with van der Waals surface area (Å²) in [6.07, 6.45) is 2.21. The molecule has 1 aliphatic heterocycles. The van der Waals surface area contributed by atoms with Crippen molar-refractivity contribution < 1.29 is 4.39 Å². The Morgan fingerprint density at radius 3 is 2.95 bits per heavy atom. The van der Waals surface area contributed by atoms with Gasteiger partial charge in [-0.3, -0.25) is 0 Å². The summed E-state index contributed by atoms with van der Waals surface area (Å²) >= 11 is 11.9. The third-order valence-electron chi connectivity index (χ3n) is 3.89. The van der Waals surface area contributed by atoms with Gasteiger partial charge in [0.15, 0.2) is 0 Å². The predicted octanol–water partition coefficient (Wildman–Crippen LogP) is 3.83. The average molecular weight is 316 g/mol. The number of halogens is 3. The van der Waals surface area contributed by atoms with Crippen LogP contribution >= 0.6 is 23.2 Å². The molecule has 0 spiro atoms. The number of piperidine rings is 1. The van der Waals surface area contributed by atoms with Crippen molar-refractivity contribution in [1.82, 2.24) is 14.5 Å². The summed E-state index contributed by atoms with van der Waals surface area (Å²) in [5, 5.41) is 0.129. The van der Waals surface area contributed by atoms with Gasteiger partial charge in [-0.25, -0.2) is 9.37 Å². The van der Waals surface area contributed by atoms with Crippen LogP contribution in [0.3, 0.4) is 0 Å². The van der Waals surface area contributed by atoms with Crippen LogP contribution in [-0.2, 0) is 5.88 Å². The van der Waals surface area contributed by atoms with E-state index in [4.69, 9.17) is 23.2 Å². The second-order valence-electron chi connectivity index (χ2n) is 5.34. The zero-order valence-corrected chi connectivity index (χ0v) is 12.8. The van der Waals surface area contributed by atoms with Crippen molar-refractivity contribution in [3.8, 4) is 0 Å². The van der Waals surface area contributed by atoms with Crippen molar-refractivity contribution in [3.05, 3.63) is 28.8 Å². The van der Waals surface area contributed by atoms with Crippen molar-refractivity contribution in [3.63, 3.8) is 0 Å². The van der Waals surface area contributed by atoms with Crippen LogP contribution in [0.1, 0.15) is 24.7 Å². The lowest BCUT2D eigenvalue weighted by molar-refractivity contribution is 0.213. The van der Waals surface area contributed by atoms with Gasteiger partial charge in [0.2, 0.25) is 0 Å². The Bertz CT molecular complexity index is 641. The number of rotatable bonds is 2. The van der Waals surface area contributed by atoms with Crippen LogP contribution in [-0.4, -0.2) is 34.6 Å². The number of hydrogen-bond acceptors (Lipinski definition) is 2. The van der Waals surface area contributed by atoms with E-state index in [-0.39, 0.29) is 5.02 Å². The maximum atomic E-state index is 13.6. The first kappa shape index (κ1) is 14.1. The first-order valence-corrected chi connectivity index (χ1v) is 7.61. The Balaban J connectivity index is 2.14. The van der Waals surface area contributed by atoms with Crippen LogP contribution in [0.2, 0.25) is 5.02 Å². The predicted molar refractivity (Wildman–Crippen MR) is 80.0 cm³/mol. The third kappa shape index (κ3) is 2.41. The highest BCUT2D eigenvalue weighted by atomic mass is 35.5. The van der Waals surface area contributed by atoms with E-state index in [1.165, 1.54) is 6.07 Å². The highest BCUT2D eigenvalue weighted by molar-refractivity contribution is 6.31. The Hall–Kier alpha value is -0.840. The van der Waals surface area contributed by atoms with Crippen molar-refractivity contribution in [2.45, 2.75) is 24.8 Å². The van der Waals surface area contributed by atoms with Crippen LogP contribution in [0.5, 0.6) is 0 Å². The van der Waals surface area contributed by atoms with Gasteiger partial charge in [0.25, 0.3) is 0 Å². The number of nitrogens with zero attached hydrogens (tertiary/aromatic N) is 3. The van der Waals surface area contributed by atoms with Gasteiger partial charge in [-0.2, -0.15) is 0 Å². The fourth-order valence-electron chi connectivity index (χ4n) is 2.99. The van der Waals surface area contributed by atoms with Crippen LogP contribution in [0.15, 0.2) is 12.1 Å². The first-order valence-electron chi connectivity index (χ1n) is 6.70. The SMILES string of the molecule is CN1CCCC(n2c(CCl)nc3cc(F)c(Cl)cc32)C1. The smallest absolute Gasteiger partial charge is 0.144 e. The van der Waals surface area contributed by atoms with Gasteiger partial charge in [-0.1, -0.05) is 11.6 Å². The highest BCUT2D eigenvalue weighted by Gasteiger charge is 2.24. The van der Waals surface area contributed by atoms with E-state index < -0.39 is 5.82 Å². The molecule has 0 N–H and O–H groups in total. The number of hydrogen-bond donors (Lipinski definition) is 0. The molecule has 1 fully saturated rings. The van der Waals surface area contributed by atoms with Gasteiger partial charge >= 0.3 is 0 Å². The van der Waals surface area contributed by atoms with Crippen LogP contribution in [0, 0.1) is 5.82 Å². The maximum Gasteiger partial charge on any atom is 0.144 e. The standard InChI is InChI=1S/C14H16Cl2FN3/c1-19-4-2-3-9(8-19)20-13-5-10(16)11(17)6-12(13)18-14(20)7-15/h5-6,9H,2-4,7-8H2,1H3. The molecule has 3 rings (SSSR count). The molecule has 0 bridgehead atoms. The molecule has 1 saturated heterocycles. The molecule has 1 aromatic heterocycles. The van der Waals surface area contributed by atoms with E-state index in [0.717, 1.165) is 37.3 Å². The highest BCUT2D eigenvalue weighted by Crippen LogP contribution is 2.30. The van der Waals surface area contributed by atoms with Crippen molar-refractivity contribution in [2.75, 3.05) is 20.1 Å². The number of likely N-dealkylation sites (tertiary alicyclic amines) is 1. The van der Waals surface area contributed by atoms with E-state index in [0.29, 0.717) is 17.4 Å². The largest absolute Gasteiger partial charge is 0.323 e. The Labute approximate surface area is 127 Å². The minimum atomic E-state index is -0.439. The number of imidazole rings is 1. The van der Waals surface area contributed by atoms with Gasteiger partial charge in [-0.15, -0.1) is 11.6 Å². The normalized spacial score (nSPS) is 20.7. The van der Waals surface area contributed by atoms with Crippen LogP contribution in [0.25, 0.3) is 11.0 Å². The molecule has 108 valence electrons. The lowest BCUT2D eigenvalue weighted by Crippen LogP contribution is -2.34. The molecule has 1 atom stereocenters. The molecule has 2 aromatic rings. The van der Waals surface area contributed by atoms with E-state index in [2.05, 4.69) is 21.5 Å². The fraction of sp³-hybridized carbons (Fsp3) is 0.500. The molecule has 1 unspecified atom stereocenters. The zero-order chi connectivity index (χ0) is 14.3. The number of likely N-dealkylation sites (N-methyl/N-ethyl adjacent to an activating group) is 1. The second-order valence-corrected chi connectivity index (χ2v) is 6.02. The minimum Gasteiger partial charge on any atom is -0.323 e. The van der Waals surface area contributed by atoms with Crippen molar-refractivity contribution in [1.29, 1.82) is 0 Å². The Morgan fingerprint density at radius 1 is 1.45 bits per heavy atom. The van der Waals surface area contributed by atoms with E-state index in [1.54, 1.807) is 6.07 Å². The maximum absolute atomic E-state index is 13.6. The van der Waals surface area contributed by atoms with Gasteiger partial charge in [0.1, 0.15) is 11.6 Å². The number of aromatic nitrogens is 2. The summed E-state index contributed by atoms with van der Waals surface area (Å²) in [5.41, 5.74) is 1.49. The van der Waals surface area contributed by atoms with E-state index in [1.807, 2.05) is 0 Å². The molecule has 0 amide bonds. The molecule has 1 aromatic carbocycles. The summed E-state index contributed by atoms with van der Waals surface area (Å²) in [6, 6.07) is 3.36. The number of alkyl halides is 1. The first-order chi connectivity index (χ1) is 9.60. The zero-order valence-electron chi connectivity index (χ0n) is 11.2. The topological polar surface area (TPSA) is 21.1 Å². The summed E-state index contributed by atoms with van der Waals surface area (Å²) in [5.74, 6) is 0.656. The van der Waals surface area contributed by atoms with Gasteiger partial charge in [-0.05, 0) is 32.5 Å². The van der Waals surface area contributed by atoms with Gasteiger partial charge in [0, 0.05) is 18.7 Å². The average Bonchev–Trinajstić information content (AvgIpc) is 2.77. The molecule has 0 aliphatic carbocycles. The number of fused-ring (bicyclic) bond motifs is 1. The van der Waals surface area contributed by atoms with Crippen LogP contribution < -0.4 is 0 Å². The van der Waals surface area contributed by atoms with E-state index >= 15 is 0 Å². The molecular weight excluding hydrogens is 300 g/mol. The summed E-state index contributed by atoms with van der Waals surface area (Å²) in [7, 11) is 2.11. The van der Waals surface area contributed by atoms with Gasteiger partial charge in [0.05, 0.1) is 21.9 Å². The van der Waals surface area contributed by atoms with Crippen LogP contribution in [0.4, 0.5) is 4.39 Å². The van der Waals surface area contributed by atoms with Crippen molar-refractivity contribution >= 4 is 34.2 Å². The molecule has 2 heterocycles. The monoisotopic (exact) mass is 315 g/mol. The lowest BCUT2D eigenvalue weighted by Gasteiger charge is -2.31. The fourth-order valence-corrected chi connectivity index (χ4v) is 3.34. The number of benzene rings is 1. The third-order valence-corrected chi connectivity index (χ3v) is 4.42. The molecule has 6 heteroatoms. The molecule has 1 aliphatic rings. The quantitative estimate of drug-likeness (QED) is 0.785. The Morgan fingerprint density at radius 2 is 2.25 bits per heavy atom. The molecule has 3 nitrogen and oxygen atoms in total. The van der Waals surface area contributed by atoms with Crippen molar-refractivity contribution in [2.24, 2.45) is 0 Å². The molecule has 20 heavy (non-hydrogen) atoms. The Kier molecular flexibility index (Phi) is 3.89.